The second kappa shape index (κ2) is 10.6. The number of methoxy groups -OCH3 is 2. The van der Waals surface area contributed by atoms with Gasteiger partial charge in [0.2, 0.25) is 0 Å². The van der Waals surface area contributed by atoms with Crippen LogP contribution in [0.25, 0.3) is 0 Å². The molecule has 0 spiro atoms. The molecule has 1 unspecified atom stereocenters. The maximum atomic E-state index is 5.19. The lowest BCUT2D eigenvalue weighted by Gasteiger charge is -2.28. The molecule has 0 aliphatic heterocycles. The van der Waals surface area contributed by atoms with Gasteiger partial charge in [0.15, 0.2) is 0 Å². The van der Waals surface area contributed by atoms with Gasteiger partial charge in [0.1, 0.15) is 0 Å². The molecule has 0 fully saturated rings. The van der Waals surface area contributed by atoms with Crippen molar-refractivity contribution in [1.29, 1.82) is 0 Å². The highest BCUT2D eigenvalue weighted by molar-refractivity contribution is 4.73. The van der Waals surface area contributed by atoms with Crippen molar-refractivity contribution in [3.63, 3.8) is 0 Å². The van der Waals surface area contributed by atoms with Gasteiger partial charge in [-0.1, -0.05) is 6.92 Å². The number of nitrogens with zero attached hydrogens (tertiary/aromatic N) is 1. The Kier molecular flexibility index (Phi) is 10.5. The molecule has 0 aliphatic carbocycles. The molecule has 0 heterocycles. The van der Waals surface area contributed by atoms with Crippen LogP contribution in [0.3, 0.4) is 0 Å². The minimum Gasteiger partial charge on any atom is -0.385 e. The van der Waals surface area contributed by atoms with E-state index in [4.69, 9.17) is 9.47 Å². The van der Waals surface area contributed by atoms with E-state index >= 15 is 0 Å². The van der Waals surface area contributed by atoms with Crippen LogP contribution in [0, 0.1) is 5.92 Å². The molecule has 4 heteroatoms. The summed E-state index contributed by atoms with van der Waals surface area (Å²) in [5.41, 5.74) is 0.196. The van der Waals surface area contributed by atoms with Gasteiger partial charge in [-0.3, -0.25) is 0 Å². The molecule has 0 aromatic heterocycles. The van der Waals surface area contributed by atoms with Crippen LogP contribution in [-0.2, 0) is 9.47 Å². The molecule has 0 aliphatic rings. The highest BCUT2D eigenvalue weighted by Crippen LogP contribution is 2.04. The first-order valence-corrected chi connectivity index (χ1v) is 7.34. The van der Waals surface area contributed by atoms with Gasteiger partial charge in [-0.25, -0.2) is 0 Å². The third-order valence-electron chi connectivity index (χ3n) is 2.99. The Bertz CT molecular complexity index is 205. The molecule has 116 valence electrons. The number of ether oxygens (including phenoxy) is 2. The summed E-state index contributed by atoms with van der Waals surface area (Å²) in [6.45, 7) is 14.8. The summed E-state index contributed by atoms with van der Waals surface area (Å²) >= 11 is 0. The van der Waals surface area contributed by atoms with E-state index in [0.29, 0.717) is 5.92 Å². The number of nitrogens with one attached hydrogen (secondary N) is 1. The minimum atomic E-state index is 0.196. The van der Waals surface area contributed by atoms with Gasteiger partial charge in [0.05, 0.1) is 6.61 Å². The van der Waals surface area contributed by atoms with Gasteiger partial charge >= 0.3 is 0 Å². The molecule has 0 rings (SSSR count). The Hall–Kier alpha value is -0.160. The molecule has 0 aromatic rings. The fourth-order valence-corrected chi connectivity index (χ4v) is 1.93. The molecule has 0 amide bonds. The van der Waals surface area contributed by atoms with Crippen molar-refractivity contribution in [1.82, 2.24) is 10.2 Å². The minimum absolute atomic E-state index is 0.196. The summed E-state index contributed by atoms with van der Waals surface area (Å²) in [5.74, 6) is 0.638. The number of hydrogen-bond donors (Lipinski definition) is 1. The number of rotatable bonds is 11. The van der Waals surface area contributed by atoms with E-state index < -0.39 is 0 Å². The zero-order valence-corrected chi connectivity index (χ0v) is 13.8. The van der Waals surface area contributed by atoms with Crippen LogP contribution in [-0.4, -0.2) is 64.1 Å². The average molecular weight is 274 g/mol. The molecule has 0 saturated heterocycles. The smallest absolute Gasteiger partial charge is 0.0589 e. The van der Waals surface area contributed by atoms with E-state index in [-0.39, 0.29) is 5.54 Å². The van der Waals surface area contributed by atoms with Crippen LogP contribution < -0.4 is 5.32 Å². The second-order valence-corrected chi connectivity index (χ2v) is 6.38. The summed E-state index contributed by atoms with van der Waals surface area (Å²) in [7, 11) is 3.52. The third-order valence-corrected chi connectivity index (χ3v) is 2.99. The fourth-order valence-electron chi connectivity index (χ4n) is 1.93. The summed E-state index contributed by atoms with van der Waals surface area (Å²) in [6, 6.07) is 0. The fraction of sp³-hybridized carbons (Fsp3) is 1.00. The Labute approximate surface area is 119 Å². The summed E-state index contributed by atoms with van der Waals surface area (Å²) in [6.07, 6.45) is 1.08. The molecule has 1 atom stereocenters. The average Bonchev–Trinajstić information content (AvgIpc) is 2.32. The van der Waals surface area contributed by atoms with Crippen molar-refractivity contribution >= 4 is 0 Å². The molecule has 0 bridgehead atoms. The van der Waals surface area contributed by atoms with Crippen LogP contribution >= 0.6 is 0 Å². The molecule has 1 N–H and O–H groups in total. The molecule has 0 aromatic carbocycles. The standard InChI is InChI=1S/C15H34N2O2/c1-14(12-16-15(2,3)4)13-17(9-11-19-6)8-7-10-18-5/h14,16H,7-13H2,1-6H3. The van der Waals surface area contributed by atoms with Gasteiger partial charge in [-0.2, -0.15) is 0 Å². The first-order chi connectivity index (χ1) is 8.89. The van der Waals surface area contributed by atoms with Crippen LogP contribution in [0.4, 0.5) is 0 Å². The summed E-state index contributed by atoms with van der Waals surface area (Å²) in [4.78, 5) is 2.47. The van der Waals surface area contributed by atoms with Crippen molar-refractivity contribution in [2.45, 2.75) is 39.7 Å². The van der Waals surface area contributed by atoms with Gasteiger partial charge in [0, 0.05) is 46.0 Å². The zero-order valence-electron chi connectivity index (χ0n) is 13.8. The maximum Gasteiger partial charge on any atom is 0.0589 e. The van der Waals surface area contributed by atoms with Crippen molar-refractivity contribution in [2.75, 3.05) is 53.6 Å². The Morgan fingerprint density at radius 1 is 1.05 bits per heavy atom. The monoisotopic (exact) mass is 274 g/mol. The summed E-state index contributed by atoms with van der Waals surface area (Å²) in [5, 5.41) is 3.57. The van der Waals surface area contributed by atoms with Crippen LogP contribution in [0.5, 0.6) is 0 Å². The topological polar surface area (TPSA) is 33.7 Å². The highest BCUT2D eigenvalue weighted by atomic mass is 16.5. The molecular weight excluding hydrogens is 240 g/mol. The normalized spacial score (nSPS) is 14.1. The third kappa shape index (κ3) is 12.6. The van der Waals surface area contributed by atoms with E-state index in [1.807, 2.05) is 0 Å². The SMILES string of the molecule is COCCCN(CCOC)CC(C)CNC(C)(C)C. The molecule has 19 heavy (non-hydrogen) atoms. The maximum absolute atomic E-state index is 5.19. The van der Waals surface area contributed by atoms with Gasteiger partial charge in [-0.05, 0) is 39.7 Å². The Balaban J connectivity index is 3.98. The highest BCUT2D eigenvalue weighted by Gasteiger charge is 2.14. The number of hydrogen-bond acceptors (Lipinski definition) is 4. The van der Waals surface area contributed by atoms with Crippen LogP contribution in [0.1, 0.15) is 34.1 Å². The van der Waals surface area contributed by atoms with E-state index in [1.54, 1.807) is 14.2 Å². The van der Waals surface area contributed by atoms with Crippen molar-refractivity contribution < 1.29 is 9.47 Å². The summed E-state index contributed by atoms with van der Waals surface area (Å²) < 4.78 is 10.3. The zero-order chi connectivity index (χ0) is 14.7. The lowest BCUT2D eigenvalue weighted by molar-refractivity contribution is 0.123. The molecular formula is C15H34N2O2. The van der Waals surface area contributed by atoms with Gasteiger partial charge in [0.25, 0.3) is 0 Å². The van der Waals surface area contributed by atoms with Crippen molar-refractivity contribution in [3.05, 3.63) is 0 Å². The Morgan fingerprint density at radius 3 is 2.21 bits per heavy atom. The quantitative estimate of drug-likeness (QED) is 0.584. The predicted octanol–water partition coefficient (Wildman–Crippen LogP) is 2.00. The lowest BCUT2D eigenvalue weighted by atomic mass is 10.1. The van der Waals surface area contributed by atoms with Crippen LogP contribution in [0.2, 0.25) is 0 Å². The van der Waals surface area contributed by atoms with Crippen LogP contribution in [0.15, 0.2) is 0 Å². The van der Waals surface area contributed by atoms with E-state index in [0.717, 1.165) is 45.8 Å². The largest absolute Gasteiger partial charge is 0.385 e. The first-order valence-electron chi connectivity index (χ1n) is 7.34. The van der Waals surface area contributed by atoms with E-state index in [2.05, 4.69) is 37.9 Å². The van der Waals surface area contributed by atoms with E-state index in [1.165, 1.54) is 0 Å². The van der Waals surface area contributed by atoms with Gasteiger partial charge < -0.3 is 19.7 Å². The Morgan fingerprint density at radius 2 is 1.68 bits per heavy atom. The second-order valence-electron chi connectivity index (χ2n) is 6.38. The van der Waals surface area contributed by atoms with Crippen molar-refractivity contribution in [3.8, 4) is 0 Å². The first kappa shape index (κ1) is 18.8. The molecule has 4 nitrogen and oxygen atoms in total. The van der Waals surface area contributed by atoms with E-state index in [9.17, 15) is 0 Å². The molecule has 0 saturated carbocycles. The van der Waals surface area contributed by atoms with Gasteiger partial charge in [-0.15, -0.1) is 0 Å². The molecule has 0 radical (unpaired) electrons. The predicted molar refractivity (Wildman–Crippen MR) is 81.7 cm³/mol. The lowest BCUT2D eigenvalue weighted by Crippen LogP contribution is -2.42. The van der Waals surface area contributed by atoms with Crippen molar-refractivity contribution in [2.24, 2.45) is 5.92 Å².